The first kappa shape index (κ1) is 25.8. The second-order valence-electron chi connectivity index (χ2n) is 9.12. The molecule has 0 radical (unpaired) electrons. The summed E-state index contributed by atoms with van der Waals surface area (Å²) in [4.78, 5) is 21.7. The number of alkyl halides is 2. The van der Waals surface area contributed by atoms with Gasteiger partial charge in [0.25, 0.3) is 11.8 Å². The van der Waals surface area contributed by atoms with Crippen LogP contribution in [0.15, 0.2) is 30.6 Å². The van der Waals surface area contributed by atoms with Gasteiger partial charge in [0, 0.05) is 32.2 Å². The molecule has 2 heterocycles. The minimum Gasteiger partial charge on any atom is -0.489 e. The average molecular weight is 480 g/mol. The Bertz CT molecular complexity index is 966. The van der Waals surface area contributed by atoms with Gasteiger partial charge in [-0.05, 0) is 23.6 Å². The lowest BCUT2D eigenvalue weighted by Crippen LogP contribution is -2.27. The first-order chi connectivity index (χ1) is 16.1. The van der Waals surface area contributed by atoms with Crippen molar-refractivity contribution in [3.63, 3.8) is 0 Å². The summed E-state index contributed by atoms with van der Waals surface area (Å²) in [7, 11) is 0. The molecular formula is C25H32F3N3O3. The van der Waals surface area contributed by atoms with Crippen LogP contribution in [0.4, 0.5) is 19.0 Å². The largest absolute Gasteiger partial charge is 0.489 e. The van der Waals surface area contributed by atoms with Crippen LogP contribution in [0.5, 0.6) is 11.6 Å². The van der Waals surface area contributed by atoms with Crippen molar-refractivity contribution in [2.75, 3.05) is 24.6 Å². The number of halogens is 3. The normalized spacial score (nSPS) is 18.0. The van der Waals surface area contributed by atoms with Gasteiger partial charge in [-0.25, -0.2) is 13.8 Å². The fourth-order valence-corrected chi connectivity index (χ4v) is 3.76. The van der Waals surface area contributed by atoms with Gasteiger partial charge in [-0.3, -0.25) is 4.79 Å². The molecule has 1 aliphatic heterocycles. The van der Waals surface area contributed by atoms with Crippen LogP contribution in [0.2, 0.25) is 0 Å². The number of rotatable bonds is 11. The minimum atomic E-state index is -3.10. The molecule has 34 heavy (non-hydrogen) atoms. The van der Waals surface area contributed by atoms with E-state index in [1.54, 1.807) is 4.90 Å². The van der Waals surface area contributed by atoms with Gasteiger partial charge < -0.3 is 14.4 Å². The fourth-order valence-electron chi connectivity index (χ4n) is 3.76. The molecule has 3 atom stereocenters. The van der Waals surface area contributed by atoms with Gasteiger partial charge in [-0.1, -0.05) is 39.3 Å². The third-order valence-electron chi connectivity index (χ3n) is 6.06. The van der Waals surface area contributed by atoms with E-state index in [4.69, 9.17) is 9.47 Å². The second kappa shape index (κ2) is 11.1. The highest BCUT2D eigenvalue weighted by atomic mass is 19.3. The summed E-state index contributed by atoms with van der Waals surface area (Å²) >= 11 is 0. The van der Waals surface area contributed by atoms with Crippen molar-refractivity contribution in [2.24, 2.45) is 5.92 Å². The van der Waals surface area contributed by atoms with E-state index >= 15 is 0 Å². The number of Topliss-reactive ketones (excluding diaryl/α,β-unsaturated/α-hetero) is 1. The van der Waals surface area contributed by atoms with Crippen LogP contribution in [0.25, 0.3) is 0 Å². The molecule has 0 spiro atoms. The predicted octanol–water partition coefficient (Wildman–Crippen LogP) is 5.42. The molecule has 1 aromatic heterocycles. The average Bonchev–Trinajstić information content (AvgIpc) is 3.25. The molecule has 9 heteroatoms. The Morgan fingerprint density at radius 1 is 1.24 bits per heavy atom. The van der Waals surface area contributed by atoms with Crippen LogP contribution in [-0.2, 0) is 4.79 Å². The number of carbonyl (C=O) groups is 1. The number of hydrogen-bond donors (Lipinski definition) is 0. The Hall–Kier alpha value is -2.84. The van der Waals surface area contributed by atoms with E-state index < -0.39 is 24.2 Å². The van der Waals surface area contributed by atoms with Crippen molar-refractivity contribution in [3.05, 3.63) is 42.0 Å². The summed E-state index contributed by atoms with van der Waals surface area (Å²) in [6.07, 6.45) is 3.08. The molecule has 1 saturated heterocycles. The van der Waals surface area contributed by atoms with Crippen molar-refractivity contribution in [1.29, 1.82) is 0 Å². The van der Waals surface area contributed by atoms with Gasteiger partial charge in [0.05, 0.1) is 6.54 Å². The fraction of sp³-hybridized carbons (Fsp3) is 0.560. The predicted molar refractivity (Wildman–Crippen MR) is 123 cm³/mol. The standard InChI is InChI=1S/C25H32F3N3O3/c1-5-16(2)12-21(32)17(3)18-6-8-19(9-7-18)34-20-10-11-31(13-20)23-22(26)24(30-15-29-23)33-14-25(4,27)28/h6-9,15-17,20H,5,10-14H2,1-4H3/t16-,17?,20?/m1/s1. The van der Waals surface area contributed by atoms with Gasteiger partial charge >= 0.3 is 0 Å². The minimum absolute atomic E-state index is 0.000452. The molecule has 6 nitrogen and oxygen atoms in total. The van der Waals surface area contributed by atoms with Crippen LogP contribution < -0.4 is 14.4 Å². The number of ether oxygens (including phenoxy) is 2. The first-order valence-corrected chi connectivity index (χ1v) is 11.6. The molecule has 3 rings (SSSR count). The maximum atomic E-state index is 14.7. The van der Waals surface area contributed by atoms with Gasteiger partial charge in [-0.15, -0.1) is 0 Å². The lowest BCUT2D eigenvalue weighted by Gasteiger charge is -2.20. The van der Waals surface area contributed by atoms with E-state index in [2.05, 4.69) is 23.8 Å². The topological polar surface area (TPSA) is 64.5 Å². The highest BCUT2D eigenvalue weighted by Gasteiger charge is 2.30. The van der Waals surface area contributed by atoms with Gasteiger partial charge in [0.15, 0.2) is 12.4 Å². The summed E-state index contributed by atoms with van der Waals surface area (Å²) in [5.74, 6) is -3.37. The van der Waals surface area contributed by atoms with Crippen molar-refractivity contribution in [3.8, 4) is 11.6 Å². The molecule has 1 fully saturated rings. The third kappa shape index (κ3) is 6.84. The molecule has 1 aliphatic rings. The van der Waals surface area contributed by atoms with Crippen molar-refractivity contribution >= 4 is 11.6 Å². The van der Waals surface area contributed by atoms with Crippen LogP contribution in [0.1, 0.15) is 58.4 Å². The van der Waals surface area contributed by atoms with Gasteiger partial charge in [-0.2, -0.15) is 9.37 Å². The molecule has 1 aromatic carbocycles. The summed E-state index contributed by atoms with van der Waals surface area (Å²) in [5.41, 5.74) is 0.946. The van der Waals surface area contributed by atoms with E-state index in [9.17, 15) is 18.0 Å². The molecule has 0 N–H and O–H groups in total. The lowest BCUT2D eigenvalue weighted by atomic mass is 9.90. The first-order valence-electron chi connectivity index (χ1n) is 11.6. The molecule has 2 unspecified atom stereocenters. The second-order valence-corrected chi connectivity index (χ2v) is 9.12. The van der Waals surface area contributed by atoms with E-state index in [1.165, 1.54) is 0 Å². The monoisotopic (exact) mass is 479 g/mol. The molecule has 0 amide bonds. The third-order valence-corrected chi connectivity index (χ3v) is 6.06. The Morgan fingerprint density at radius 2 is 1.94 bits per heavy atom. The number of anilines is 1. The van der Waals surface area contributed by atoms with Gasteiger partial charge in [0.1, 0.15) is 24.0 Å². The number of carbonyl (C=O) groups excluding carboxylic acids is 1. The Labute approximate surface area is 198 Å². The molecule has 0 saturated carbocycles. The van der Waals surface area contributed by atoms with Crippen molar-refractivity contribution < 1.29 is 27.4 Å². The Balaban J connectivity index is 1.58. The van der Waals surface area contributed by atoms with E-state index in [1.807, 2.05) is 31.2 Å². The quantitative estimate of drug-likeness (QED) is 0.429. The zero-order valence-electron chi connectivity index (χ0n) is 20.1. The maximum Gasteiger partial charge on any atom is 0.278 e. The van der Waals surface area contributed by atoms with Gasteiger partial charge in [0.2, 0.25) is 5.82 Å². The number of nitrogens with zero attached hydrogens (tertiary/aromatic N) is 3. The summed E-state index contributed by atoms with van der Waals surface area (Å²) in [5, 5.41) is 0. The maximum absolute atomic E-state index is 14.7. The summed E-state index contributed by atoms with van der Waals surface area (Å²) in [6.45, 7) is 6.67. The number of aromatic nitrogens is 2. The highest BCUT2D eigenvalue weighted by molar-refractivity contribution is 5.85. The van der Waals surface area contributed by atoms with E-state index in [-0.39, 0.29) is 23.6 Å². The van der Waals surface area contributed by atoms with Crippen LogP contribution in [-0.4, -0.2) is 47.5 Å². The van der Waals surface area contributed by atoms with Crippen LogP contribution in [0, 0.1) is 11.7 Å². The number of hydrogen-bond acceptors (Lipinski definition) is 6. The van der Waals surface area contributed by atoms with Crippen molar-refractivity contribution in [1.82, 2.24) is 9.97 Å². The van der Waals surface area contributed by atoms with Crippen LogP contribution >= 0.6 is 0 Å². The SMILES string of the molecule is CC[C@@H](C)CC(=O)C(C)c1ccc(OC2CCN(c3ncnc(OCC(C)(F)F)c3F)C2)cc1. The summed E-state index contributed by atoms with van der Waals surface area (Å²) < 4.78 is 51.7. The zero-order valence-corrected chi connectivity index (χ0v) is 20.1. The Kier molecular flexibility index (Phi) is 8.38. The smallest absolute Gasteiger partial charge is 0.278 e. The number of ketones is 1. The molecule has 186 valence electrons. The van der Waals surface area contributed by atoms with E-state index in [0.717, 1.165) is 18.3 Å². The molecule has 0 bridgehead atoms. The van der Waals surface area contributed by atoms with E-state index in [0.29, 0.717) is 44.5 Å². The Morgan fingerprint density at radius 3 is 2.59 bits per heavy atom. The molecular weight excluding hydrogens is 447 g/mol. The zero-order chi connectivity index (χ0) is 24.9. The summed E-state index contributed by atoms with van der Waals surface area (Å²) in [6, 6.07) is 7.48. The molecule has 2 aromatic rings. The van der Waals surface area contributed by atoms with Crippen molar-refractivity contribution in [2.45, 2.75) is 64.9 Å². The lowest BCUT2D eigenvalue weighted by molar-refractivity contribution is -0.121. The highest BCUT2D eigenvalue weighted by Crippen LogP contribution is 2.29. The molecule has 0 aliphatic carbocycles. The number of benzene rings is 1. The van der Waals surface area contributed by atoms with Crippen LogP contribution in [0.3, 0.4) is 0 Å².